The molecule has 0 heterocycles. The molecule has 0 fully saturated rings. The van der Waals surface area contributed by atoms with Crippen molar-refractivity contribution in [1.82, 2.24) is 0 Å². The SMILES string of the molecule is CCCCC/C=C\C/C=C\CC(O)C(CCCCCC[C]=O)[N+](=O)[O-]. The average molecular weight is 352 g/mol. The Kier molecular flexibility index (Phi) is 16.3. The van der Waals surface area contributed by atoms with E-state index < -0.39 is 12.1 Å². The van der Waals surface area contributed by atoms with Gasteiger partial charge in [-0.1, -0.05) is 56.9 Å². The molecule has 0 saturated heterocycles. The van der Waals surface area contributed by atoms with E-state index in [1.54, 1.807) is 0 Å². The van der Waals surface area contributed by atoms with Gasteiger partial charge >= 0.3 is 0 Å². The zero-order chi connectivity index (χ0) is 18.8. The molecule has 143 valence electrons. The summed E-state index contributed by atoms with van der Waals surface area (Å²) in [6.45, 7) is 2.18. The maximum atomic E-state index is 11.1. The summed E-state index contributed by atoms with van der Waals surface area (Å²) in [7, 11) is 0. The van der Waals surface area contributed by atoms with Crippen LogP contribution in [0.15, 0.2) is 24.3 Å². The normalized spacial score (nSPS) is 14.2. The molecule has 0 aromatic heterocycles. The van der Waals surface area contributed by atoms with E-state index in [1.165, 1.54) is 19.3 Å². The number of rotatable bonds is 17. The highest BCUT2D eigenvalue weighted by Gasteiger charge is 2.27. The highest BCUT2D eigenvalue weighted by Crippen LogP contribution is 2.14. The molecule has 25 heavy (non-hydrogen) atoms. The second-order valence-electron chi connectivity index (χ2n) is 6.43. The zero-order valence-corrected chi connectivity index (χ0v) is 15.6. The molecule has 1 radical (unpaired) electrons. The predicted molar refractivity (Wildman–Crippen MR) is 102 cm³/mol. The fourth-order valence-corrected chi connectivity index (χ4v) is 2.64. The molecule has 0 bridgehead atoms. The number of unbranched alkanes of at least 4 members (excludes halogenated alkanes) is 7. The standard InChI is InChI=1S/C20H34NO4/c1-2-3-4-5-6-7-8-11-14-17-20(23)19(21(24)25)16-13-10-9-12-15-18-22/h6-7,11,14,19-20,23H,2-5,8-10,12-13,15-17H2,1H3/b7-6-,14-11-. The van der Waals surface area contributed by atoms with Crippen molar-refractivity contribution in [3.05, 3.63) is 34.4 Å². The highest BCUT2D eigenvalue weighted by atomic mass is 16.6. The third-order valence-electron chi connectivity index (χ3n) is 4.20. The number of nitrogens with zero attached hydrogens (tertiary/aromatic N) is 1. The maximum absolute atomic E-state index is 11.1. The van der Waals surface area contributed by atoms with Gasteiger partial charge in [-0.2, -0.15) is 0 Å². The third-order valence-corrected chi connectivity index (χ3v) is 4.20. The van der Waals surface area contributed by atoms with Crippen LogP contribution in [0.4, 0.5) is 0 Å². The Morgan fingerprint density at radius 2 is 1.76 bits per heavy atom. The van der Waals surface area contributed by atoms with E-state index in [-0.39, 0.29) is 4.92 Å². The molecule has 2 atom stereocenters. The van der Waals surface area contributed by atoms with Gasteiger partial charge in [0.2, 0.25) is 6.04 Å². The predicted octanol–water partition coefficient (Wildman–Crippen LogP) is 4.92. The molecule has 5 nitrogen and oxygen atoms in total. The van der Waals surface area contributed by atoms with Gasteiger partial charge in [0, 0.05) is 17.8 Å². The zero-order valence-electron chi connectivity index (χ0n) is 15.6. The van der Waals surface area contributed by atoms with Crippen LogP contribution in [0.2, 0.25) is 0 Å². The van der Waals surface area contributed by atoms with Gasteiger partial charge in [-0.25, -0.2) is 0 Å². The first-order chi connectivity index (χ1) is 12.1. The van der Waals surface area contributed by atoms with Gasteiger partial charge in [-0.05, 0) is 38.5 Å². The lowest BCUT2D eigenvalue weighted by atomic mass is 10.0. The summed E-state index contributed by atoms with van der Waals surface area (Å²) in [5.74, 6) is 0. The molecule has 0 spiro atoms. The molecular weight excluding hydrogens is 318 g/mol. The Hall–Kier alpha value is -1.49. The van der Waals surface area contributed by atoms with Gasteiger partial charge in [0.25, 0.3) is 0 Å². The maximum Gasteiger partial charge on any atom is 0.238 e. The van der Waals surface area contributed by atoms with E-state index >= 15 is 0 Å². The molecule has 0 aliphatic rings. The molecule has 0 aliphatic carbocycles. The number of aliphatic hydroxyl groups is 1. The van der Waals surface area contributed by atoms with Gasteiger partial charge < -0.3 is 5.11 Å². The Morgan fingerprint density at radius 3 is 2.44 bits per heavy atom. The first kappa shape index (κ1) is 23.5. The van der Waals surface area contributed by atoms with Gasteiger partial charge in [-0.3, -0.25) is 14.9 Å². The van der Waals surface area contributed by atoms with Crippen LogP contribution in [0.5, 0.6) is 0 Å². The molecule has 2 unspecified atom stereocenters. The van der Waals surface area contributed by atoms with Crippen LogP contribution in [0.25, 0.3) is 0 Å². The van der Waals surface area contributed by atoms with Crippen molar-refractivity contribution in [3.8, 4) is 0 Å². The summed E-state index contributed by atoms with van der Waals surface area (Å²) >= 11 is 0. The van der Waals surface area contributed by atoms with Crippen LogP contribution in [-0.2, 0) is 4.79 Å². The fourth-order valence-electron chi connectivity index (χ4n) is 2.64. The first-order valence-corrected chi connectivity index (χ1v) is 9.60. The lowest BCUT2D eigenvalue weighted by Crippen LogP contribution is -2.33. The van der Waals surface area contributed by atoms with E-state index in [9.17, 15) is 20.0 Å². The fraction of sp³-hybridized carbons (Fsp3) is 0.750. The van der Waals surface area contributed by atoms with E-state index in [0.29, 0.717) is 25.7 Å². The largest absolute Gasteiger partial charge is 0.386 e. The number of hydrogen-bond donors (Lipinski definition) is 1. The molecule has 0 saturated carbocycles. The lowest BCUT2D eigenvalue weighted by molar-refractivity contribution is -0.535. The van der Waals surface area contributed by atoms with Crippen molar-refractivity contribution < 1.29 is 14.8 Å². The minimum atomic E-state index is -0.942. The molecule has 5 heteroatoms. The highest BCUT2D eigenvalue weighted by molar-refractivity contribution is 5.50. The first-order valence-electron chi connectivity index (χ1n) is 9.60. The van der Waals surface area contributed by atoms with Gasteiger partial charge in [0.05, 0.1) is 0 Å². The van der Waals surface area contributed by atoms with E-state index in [4.69, 9.17) is 0 Å². The van der Waals surface area contributed by atoms with Crippen LogP contribution in [0.1, 0.15) is 84.0 Å². The summed E-state index contributed by atoms with van der Waals surface area (Å²) in [5.41, 5.74) is 0. The van der Waals surface area contributed by atoms with Crippen LogP contribution < -0.4 is 0 Å². The number of hydrogen-bond acceptors (Lipinski definition) is 4. The summed E-state index contributed by atoms with van der Waals surface area (Å²) in [6, 6.07) is -0.910. The van der Waals surface area contributed by atoms with Gasteiger partial charge in [-0.15, -0.1) is 0 Å². The van der Waals surface area contributed by atoms with Crippen LogP contribution in [0, 0.1) is 10.1 Å². The Balaban J connectivity index is 3.95. The number of nitro groups is 1. The van der Waals surface area contributed by atoms with E-state index in [1.807, 2.05) is 18.4 Å². The van der Waals surface area contributed by atoms with Crippen LogP contribution >= 0.6 is 0 Å². The molecule has 0 amide bonds. The topological polar surface area (TPSA) is 80.4 Å². The summed E-state index contributed by atoms with van der Waals surface area (Å²) in [4.78, 5) is 20.8. The molecule has 0 aromatic carbocycles. The average Bonchev–Trinajstić information content (AvgIpc) is 2.59. The Labute approximate surface area is 152 Å². The smallest absolute Gasteiger partial charge is 0.238 e. The molecule has 1 N–H and O–H groups in total. The summed E-state index contributed by atoms with van der Waals surface area (Å²) < 4.78 is 0. The molecule has 0 rings (SSSR count). The molecular formula is C20H34NO4. The van der Waals surface area contributed by atoms with Crippen LogP contribution in [0.3, 0.4) is 0 Å². The second kappa shape index (κ2) is 17.3. The number of allylic oxidation sites excluding steroid dienone is 3. The van der Waals surface area contributed by atoms with Crippen LogP contribution in [-0.4, -0.2) is 28.5 Å². The van der Waals surface area contributed by atoms with Gasteiger partial charge in [0.1, 0.15) is 6.10 Å². The number of carbonyl (C=O) groups excluding carboxylic acids is 1. The van der Waals surface area contributed by atoms with E-state index in [2.05, 4.69) is 19.1 Å². The quantitative estimate of drug-likeness (QED) is 0.174. The van der Waals surface area contributed by atoms with Crippen molar-refractivity contribution >= 4 is 6.29 Å². The van der Waals surface area contributed by atoms with Crippen molar-refractivity contribution in [3.63, 3.8) is 0 Å². The Morgan fingerprint density at radius 1 is 1.04 bits per heavy atom. The monoisotopic (exact) mass is 352 g/mol. The van der Waals surface area contributed by atoms with Crippen molar-refractivity contribution in [2.75, 3.05) is 0 Å². The van der Waals surface area contributed by atoms with E-state index in [0.717, 1.165) is 32.1 Å². The third kappa shape index (κ3) is 14.6. The van der Waals surface area contributed by atoms with Gasteiger partial charge in [0.15, 0.2) is 6.29 Å². The van der Waals surface area contributed by atoms with Crippen molar-refractivity contribution in [2.45, 2.75) is 96.1 Å². The lowest BCUT2D eigenvalue weighted by Gasteiger charge is -2.14. The van der Waals surface area contributed by atoms with Crippen molar-refractivity contribution in [1.29, 1.82) is 0 Å². The van der Waals surface area contributed by atoms with Crippen molar-refractivity contribution in [2.24, 2.45) is 0 Å². The number of aliphatic hydroxyl groups excluding tert-OH is 1. The minimum absolute atomic E-state index is 0.315. The Bertz CT molecular complexity index is 393. The summed E-state index contributed by atoms with van der Waals surface area (Å²) in [5, 5.41) is 21.2. The second-order valence-corrected chi connectivity index (χ2v) is 6.43. The summed E-state index contributed by atoms with van der Waals surface area (Å²) in [6.07, 6.45) is 18.9. The molecule has 0 aliphatic heterocycles. The molecule has 0 aromatic rings. The minimum Gasteiger partial charge on any atom is -0.386 e.